The number of aryl methyl sites for hydroxylation is 2. The molecular formula is C35H37ClN4O7S. The normalized spacial score (nSPS) is 11.8. The molecule has 1 N–H and O–H groups in total. The molecule has 0 saturated carbocycles. The van der Waals surface area contributed by atoms with E-state index in [1.54, 1.807) is 6.92 Å². The predicted octanol–water partition coefficient (Wildman–Crippen LogP) is 5.85. The van der Waals surface area contributed by atoms with Crippen LogP contribution in [0.2, 0.25) is 5.02 Å². The number of carbonyl (C=O) groups excluding carboxylic acids is 2. The van der Waals surface area contributed by atoms with Gasteiger partial charge in [0.05, 0.1) is 22.6 Å². The van der Waals surface area contributed by atoms with Crippen molar-refractivity contribution in [3.8, 4) is 5.75 Å². The van der Waals surface area contributed by atoms with Crippen molar-refractivity contribution in [2.75, 3.05) is 24.5 Å². The number of ether oxygens (including phenoxy) is 1. The molecule has 0 aliphatic rings. The van der Waals surface area contributed by atoms with E-state index in [2.05, 4.69) is 5.32 Å². The number of hydrogen-bond donors (Lipinski definition) is 1. The molecule has 0 aliphatic heterocycles. The first-order valence-corrected chi connectivity index (χ1v) is 17.0. The zero-order valence-corrected chi connectivity index (χ0v) is 28.6. The molecule has 0 aromatic heterocycles. The lowest BCUT2D eigenvalue weighted by molar-refractivity contribution is -0.385. The number of nitro groups is 1. The summed E-state index contributed by atoms with van der Waals surface area (Å²) in [6.07, 6.45) is 0.154. The molecule has 0 fully saturated rings. The van der Waals surface area contributed by atoms with Crippen molar-refractivity contribution in [1.29, 1.82) is 0 Å². The summed E-state index contributed by atoms with van der Waals surface area (Å²) in [5.74, 6) is -1.02. The minimum absolute atomic E-state index is 0.00326. The summed E-state index contributed by atoms with van der Waals surface area (Å²) in [6.45, 7) is 4.67. The monoisotopic (exact) mass is 692 g/mol. The number of rotatable bonds is 14. The van der Waals surface area contributed by atoms with Gasteiger partial charge in [0, 0.05) is 36.2 Å². The number of halogens is 1. The molecule has 11 nitrogen and oxygen atoms in total. The van der Waals surface area contributed by atoms with E-state index in [1.807, 2.05) is 61.5 Å². The first-order valence-electron chi connectivity index (χ1n) is 15.1. The first kappa shape index (κ1) is 35.9. The summed E-state index contributed by atoms with van der Waals surface area (Å²) < 4.78 is 35.1. The van der Waals surface area contributed by atoms with Crippen molar-refractivity contribution >= 4 is 44.8 Å². The zero-order valence-electron chi connectivity index (χ0n) is 27.1. The van der Waals surface area contributed by atoms with Gasteiger partial charge in [-0.05, 0) is 61.7 Å². The van der Waals surface area contributed by atoms with Crippen LogP contribution in [0.1, 0.15) is 29.2 Å². The van der Waals surface area contributed by atoms with Crippen molar-refractivity contribution in [2.45, 2.75) is 44.7 Å². The number of anilines is 1. The van der Waals surface area contributed by atoms with Gasteiger partial charge in [-0.1, -0.05) is 72.3 Å². The Labute approximate surface area is 285 Å². The van der Waals surface area contributed by atoms with Gasteiger partial charge in [0.15, 0.2) is 0 Å². The summed E-state index contributed by atoms with van der Waals surface area (Å²) in [5.41, 5.74) is 2.23. The maximum atomic E-state index is 14.6. The van der Waals surface area contributed by atoms with E-state index in [4.69, 9.17) is 16.3 Å². The van der Waals surface area contributed by atoms with E-state index in [0.717, 1.165) is 27.1 Å². The standard InChI is InChI=1S/C35H37ClN4O7S/c1-5-37-35(42)32(19-26-12-7-6-8-13-26)38(22-27-14-10-9-11-24(27)2)34(41)23-39(31-20-28(36)16-18-33(31)47-4)48(45,46)29-17-15-25(3)30(21-29)40(43)44/h6-18,20-21,32H,5,19,22-23H2,1-4H3,(H,37,42)/t32-/m1/s1. The van der Waals surface area contributed by atoms with E-state index < -0.39 is 49.9 Å². The minimum atomic E-state index is -4.66. The number of nitrogens with zero attached hydrogens (tertiary/aromatic N) is 3. The molecule has 0 heterocycles. The minimum Gasteiger partial charge on any atom is -0.495 e. The fraction of sp³-hybridized carbons (Fsp3) is 0.257. The second-order valence-electron chi connectivity index (χ2n) is 11.1. The molecule has 4 aromatic carbocycles. The predicted molar refractivity (Wildman–Crippen MR) is 185 cm³/mol. The van der Waals surface area contributed by atoms with Crippen LogP contribution in [-0.4, -0.2) is 56.3 Å². The molecular weight excluding hydrogens is 656 g/mol. The average molecular weight is 693 g/mol. The highest BCUT2D eigenvalue weighted by atomic mass is 35.5. The van der Waals surface area contributed by atoms with Gasteiger partial charge in [0.25, 0.3) is 15.7 Å². The molecule has 0 saturated heterocycles. The Balaban J connectivity index is 1.89. The molecule has 13 heteroatoms. The molecule has 0 bridgehead atoms. The van der Waals surface area contributed by atoms with E-state index in [-0.39, 0.29) is 35.0 Å². The Morgan fingerprint density at radius 3 is 2.29 bits per heavy atom. The number of sulfonamides is 1. The van der Waals surface area contributed by atoms with Crippen LogP contribution in [0.3, 0.4) is 0 Å². The molecule has 1 atom stereocenters. The maximum Gasteiger partial charge on any atom is 0.273 e. The third-order valence-electron chi connectivity index (χ3n) is 7.88. The summed E-state index contributed by atoms with van der Waals surface area (Å²) in [5, 5.41) is 14.7. The summed E-state index contributed by atoms with van der Waals surface area (Å²) in [4.78, 5) is 40.4. The van der Waals surface area contributed by atoms with Gasteiger partial charge in [0.2, 0.25) is 11.8 Å². The number of nitro benzene ring substituents is 1. The van der Waals surface area contributed by atoms with Gasteiger partial charge in [-0.25, -0.2) is 8.42 Å². The second kappa shape index (κ2) is 15.8. The second-order valence-corrected chi connectivity index (χ2v) is 13.4. The molecule has 4 rings (SSSR count). The Morgan fingerprint density at radius 1 is 0.958 bits per heavy atom. The van der Waals surface area contributed by atoms with Crippen molar-refractivity contribution in [2.24, 2.45) is 0 Å². The van der Waals surface area contributed by atoms with Gasteiger partial charge >= 0.3 is 0 Å². The highest BCUT2D eigenvalue weighted by Crippen LogP contribution is 2.36. The number of nitrogens with one attached hydrogen (secondary N) is 1. The molecule has 0 aliphatic carbocycles. The van der Waals surface area contributed by atoms with Gasteiger partial charge in [-0.3, -0.25) is 24.0 Å². The van der Waals surface area contributed by atoms with Gasteiger partial charge in [-0.15, -0.1) is 0 Å². The van der Waals surface area contributed by atoms with Crippen molar-refractivity contribution < 1.29 is 27.7 Å². The summed E-state index contributed by atoms with van der Waals surface area (Å²) in [7, 11) is -3.32. The highest BCUT2D eigenvalue weighted by Gasteiger charge is 2.36. The van der Waals surface area contributed by atoms with E-state index >= 15 is 0 Å². The Hall–Kier alpha value is -4.94. The van der Waals surface area contributed by atoms with Crippen LogP contribution in [0, 0.1) is 24.0 Å². The van der Waals surface area contributed by atoms with Gasteiger partial charge in [-0.2, -0.15) is 0 Å². The largest absolute Gasteiger partial charge is 0.495 e. The lowest BCUT2D eigenvalue weighted by Gasteiger charge is -2.34. The maximum absolute atomic E-state index is 14.6. The molecule has 2 amide bonds. The van der Waals surface area contributed by atoms with E-state index in [1.165, 1.54) is 49.3 Å². The lowest BCUT2D eigenvalue weighted by Crippen LogP contribution is -2.53. The Kier molecular flexibility index (Phi) is 11.8. The summed E-state index contributed by atoms with van der Waals surface area (Å²) in [6, 6.07) is 23.4. The lowest BCUT2D eigenvalue weighted by atomic mass is 10.0. The Morgan fingerprint density at radius 2 is 1.65 bits per heavy atom. The smallest absolute Gasteiger partial charge is 0.273 e. The molecule has 0 unspecified atom stereocenters. The number of hydrogen-bond acceptors (Lipinski definition) is 7. The first-order chi connectivity index (χ1) is 22.9. The number of carbonyl (C=O) groups is 2. The zero-order chi connectivity index (χ0) is 35.0. The topological polar surface area (TPSA) is 139 Å². The van der Waals surface area contributed by atoms with Crippen LogP contribution in [0.4, 0.5) is 11.4 Å². The quantitative estimate of drug-likeness (QED) is 0.129. The van der Waals surface area contributed by atoms with Crippen LogP contribution >= 0.6 is 11.6 Å². The molecule has 4 aromatic rings. The third-order valence-corrected chi connectivity index (χ3v) is 9.87. The number of benzene rings is 4. The Bertz CT molecular complexity index is 1900. The van der Waals surface area contributed by atoms with Crippen molar-refractivity contribution in [3.05, 3.63) is 128 Å². The number of likely N-dealkylation sites (N-methyl/N-ethyl adjacent to an activating group) is 1. The average Bonchev–Trinajstić information content (AvgIpc) is 3.06. The van der Waals surface area contributed by atoms with E-state index in [0.29, 0.717) is 6.54 Å². The fourth-order valence-electron chi connectivity index (χ4n) is 5.26. The van der Waals surface area contributed by atoms with Crippen LogP contribution in [0.15, 0.2) is 95.9 Å². The van der Waals surface area contributed by atoms with Crippen molar-refractivity contribution in [3.63, 3.8) is 0 Å². The number of amides is 2. The van der Waals surface area contributed by atoms with Crippen LogP contribution in [-0.2, 0) is 32.6 Å². The molecule has 0 spiro atoms. The van der Waals surface area contributed by atoms with Crippen LogP contribution in [0.5, 0.6) is 5.75 Å². The molecule has 0 radical (unpaired) electrons. The SMILES string of the molecule is CCNC(=O)[C@@H](Cc1ccccc1)N(Cc1ccccc1C)C(=O)CN(c1cc(Cl)ccc1OC)S(=O)(=O)c1ccc(C)c([N+](=O)[O-])c1. The van der Waals surface area contributed by atoms with Crippen LogP contribution < -0.4 is 14.4 Å². The number of methoxy groups -OCH3 is 1. The molecule has 48 heavy (non-hydrogen) atoms. The van der Waals surface area contributed by atoms with Crippen molar-refractivity contribution in [1.82, 2.24) is 10.2 Å². The highest BCUT2D eigenvalue weighted by molar-refractivity contribution is 7.92. The summed E-state index contributed by atoms with van der Waals surface area (Å²) >= 11 is 6.33. The fourth-order valence-corrected chi connectivity index (χ4v) is 6.87. The molecule has 252 valence electrons. The third kappa shape index (κ3) is 8.31. The van der Waals surface area contributed by atoms with Gasteiger partial charge in [0.1, 0.15) is 18.3 Å². The van der Waals surface area contributed by atoms with Gasteiger partial charge < -0.3 is 15.0 Å². The van der Waals surface area contributed by atoms with Crippen LogP contribution in [0.25, 0.3) is 0 Å². The van der Waals surface area contributed by atoms with E-state index in [9.17, 15) is 28.1 Å².